The van der Waals surface area contributed by atoms with Crippen molar-refractivity contribution in [2.45, 2.75) is 71.9 Å². The molecule has 0 saturated carbocycles. The molecule has 0 radical (unpaired) electrons. The number of likely N-dealkylation sites (tertiary alicyclic amines) is 3. The zero-order valence-corrected chi connectivity index (χ0v) is 16.5. The average molecular weight is 322 g/mol. The first-order valence-electron chi connectivity index (χ1n) is 9.80. The van der Waals surface area contributed by atoms with Crippen molar-refractivity contribution in [3.63, 3.8) is 0 Å². The van der Waals surface area contributed by atoms with Crippen molar-refractivity contribution in [2.75, 3.05) is 45.8 Å². The molecule has 0 N–H and O–H groups in total. The van der Waals surface area contributed by atoms with Gasteiger partial charge in [0.1, 0.15) is 0 Å². The lowest BCUT2D eigenvalue weighted by Gasteiger charge is -2.63. The van der Waals surface area contributed by atoms with Crippen molar-refractivity contribution in [1.82, 2.24) is 14.7 Å². The summed E-state index contributed by atoms with van der Waals surface area (Å²) in [5.74, 6) is 0.970. The first-order chi connectivity index (χ1) is 10.6. The highest BCUT2D eigenvalue weighted by atomic mass is 15.3. The molecule has 3 saturated heterocycles. The van der Waals surface area contributed by atoms with Gasteiger partial charge in [-0.1, -0.05) is 0 Å². The van der Waals surface area contributed by atoms with Crippen molar-refractivity contribution in [3.05, 3.63) is 0 Å². The van der Waals surface area contributed by atoms with Crippen LogP contribution in [0.5, 0.6) is 0 Å². The minimum Gasteiger partial charge on any atom is -0.302 e. The van der Waals surface area contributed by atoms with Gasteiger partial charge in [0, 0.05) is 42.7 Å². The SMILES string of the molecule is CC(C)(C)N1CCC(CCN2CC3(C2)CN(C(C)(C)C)C3)CC1. The predicted octanol–water partition coefficient (Wildman–Crippen LogP) is 3.30. The Hall–Kier alpha value is -0.120. The quantitative estimate of drug-likeness (QED) is 0.790. The normalized spacial score (nSPS) is 27.9. The van der Waals surface area contributed by atoms with Crippen LogP contribution in [-0.2, 0) is 0 Å². The zero-order valence-electron chi connectivity index (χ0n) is 16.5. The molecule has 0 amide bonds. The van der Waals surface area contributed by atoms with E-state index >= 15 is 0 Å². The van der Waals surface area contributed by atoms with E-state index < -0.39 is 0 Å². The van der Waals surface area contributed by atoms with Crippen molar-refractivity contribution in [2.24, 2.45) is 11.3 Å². The van der Waals surface area contributed by atoms with E-state index in [9.17, 15) is 0 Å². The van der Waals surface area contributed by atoms with Crippen LogP contribution >= 0.6 is 0 Å². The molecule has 3 heteroatoms. The lowest BCUT2D eigenvalue weighted by molar-refractivity contribution is -0.145. The van der Waals surface area contributed by atoms with Crippen LogP contribution in [0.4, 0.5) is 0 Å². The molecule has 3 aliphatic rings. The molecule has 0 aromatic carbocycles. The third-order valence-electron chi connectivity index (χ3n) is 6.54. The summed E-state index contributed by atoms with van der Waals surface area (Å²) >= 11 is 0. The fourth-order valence-corrected chi connectivity index (χ4v) is 4.76. The van der Waals surface area contributed by atoms with Crippen LogP contribution in [-0.4, -0.2) is 71.6 Å². The smallest absolute Gasteiger partial charge is 0.0212 e. The number of hydrogen-bond donors (Lipinski definition) is 0. The van der Waals surface area contributed by atoms with Crippen LogP contribution in [0.1, 0.15) is 60.8 Å². The summed E-state index contributed by atoms with van der Waals surface area (Å²) in [6.45, 7) is 23.4. The summed E-state index contributed by atoms with van der Waals surface area (Å²) in [6, 6.07) is 0. The van der Waals surface area contributed by atoms with Crippen LogP contribution in [0.25, 0.3) is 0 Å². The van der Waals surface area contributed by atoms with E-state index in [2.05, 4.69) is 56.2 Å². The number of rotatable bonds is 3. The number of piperidine rings is 1. The first kappa shape index (κ1) is 17.7. The van der Waals surface area contributed by atoms with Gasteiger partial charge in [0.15, 0.2) is 0 Å². The molecule has 134 valence electrons. The second-order valence-electron chi connectivity index (χ2n) is 10.6. The van der Waals surface area contributed by atoms with Gasteiger partial charge in [-0.25, -0.2) is 0 Å². The molecule has 3 aliphatic heterocycles. The van der Waals surface area contributed by atoms with Crippen LogP contribution < -0.4 is 0 Å². The van der Waals surface area contributed by atoms with E-state index in [-0.39, 0.29) is 0 Å². The molecule has 3 rings (SSSR count). The van der Waals surface area contributed by atoms with Crippen LogP contribution in [0, 0.1) is 11.3 Å². The van der Waals surface area contributed by atoms with Crippen molar-refractivity contribution < 1.29 is 0 Å². The zero-order chi connectivity index (χ0) is 16.9. The standard InChI is InChI=1S/C20H39N3/c1-18(2,3)22-11-8-17(9-12-22)7-10-21-13-20(14-21)15-23(16-20)19(4,5)6/h17H,7-16H2,1-6H3. The second kappa shape index (κ2) is 6.00. The highest BCUT2D eigenvalue weighted by molar-refractivity contribution is 5.08. The predicted molar refractivity (Wildman–Crippen MR) is 98.9 cm³/mol. The minimum absolute atomic E-state index is 0.359. The van der Waals surface area contributed by atoms with Gasteiger partial charge in [-0.2, -0.15) is 0 Å². The monoisotopic (exact) mass is 321 g/mol. The molecule has 0 atom stereocenters. The van der Waals surface area contributed by atoms with E-state index in [0.717, 1.165) is 5.92 Å². The number of nitrogens with zero attached hydrogens (tertiary/aromatic N) is 3. The molecule has 23 heavy (non-hydrogen) atoms. The van der Waals surface area contributed by atoms with Crippen LogP contribution in [0.3, 0.4) is 0 Å². The maximum atomic E-state index is 2.72. The Morgan fingerprint density at radius 3 is 1.78 bits per heavy atom. The lowest BCUT2D eigenvalue weighted by Crippen LogP contribution is -2.74. The highest BCUT2D eigenvalue weighted by Crippen LogP contribution is 2.42. The van der Waals surface area contributed by atoms with E-state index in [1.54, 1.807) is 0 Å². The van der Waals surface area contributed by atoms with Gasteiger partial charge in [-0.3, -0.25) is 9.80 Å². The molecular weight excluding hydrogens is 282 g/mol. The fraction of sp³-hybridized carbons (Fsp3) is 1.00. The Balaban J connectivity index is 1.31. The molecule has 0 bridgehead atoms. The summed E-state index contributed by atoms with van der Waals surface area (Å²) in [5.41, 5.74) is 1.40. The fourth-order valence-electron chi connectivity index (χ4n) is 4.76. The van der Waals surface area contributed by atoms with Crippen molar-refractivity contribution >= 4 is 0 Å². The maximum absolute atomic E-state index is 2.72. The Morgan fingerprint density at radius 2 is 1.30 bits per heavy atom. The van der Waals surface area contributed by atoms with Gasteiger partial charge in [0.25, 0.3) is 0 Å². The second-order valence-corrected chi connectivity index (χ2v) is 10.6. The molecular formula is C20H39N3. The molecule has 3 fully saturated rings. The molecule has 3 heterocycles. The summed E-state index contributed by atoms with van der Waals surface area (Å²) in [7, 11) is 0. The van der Waals surface area contributed by atoms with E-state index in [4.69, 9.17) is 0 Å². The largest absolute Gasteiger partial charge is 0.302 e. The van der Waals surface area contributed by atoms with Gasteiger partial charge in [0.05, 0.1) is 0 Å². The molecule has 0 aromatic heterocycles. The van der Waals surface area contributed by atoms with Crippen LogP contribution in [0.2, 0.25) is 0 Å². The molecule has 0 unspecified atom stereocenters. The maximum Gasteiger partial charge on any atom is 0.0212 e. The molecule has 3 nitrogen and oxygen atoms in total. The van der Waals surface area contributed by atoms with Gasteiger partial charge in [-0.15, -0.1) is 0 Å². The van der Waals surface area contributed by atoms with Crippen molar-refractivity contribution in [3.8, 4) is 0 Å². The van der Waals surface area contributed by atoms with E-state index in [1.807, 2.05) is 0 Å². The summed E-state index contributed by atoms with van der Waals surface area (Å²) in [6.07, 6.45) is 4.25. The van der Waals surface area contributed by atoms with Gasteiger partial charge in [-0.05, 0) is 86.4 Å². The third kappa shape index (κ3) is 3.93. The van der Waals surface area contributed by atoms with Crippen molar-refractivity contribution in [1.29, 1.82) is 0 Å². The van der Waals surface area contributed by atoms with Gasteiger partial charge in [0.2, 0.25) is 0 Å². The highest BCUT2D eigenvalue weighted by Gasteiger charge is 2.53. The Morgan fingerprint density at radius 1 is 0.783 bits per heavy atom. The molecule has 1 spiro atoms. The molecule has 0 aromatic rings. The summed E-state index contributed by atoms with van der Waals surface area (Å²) < 4.78 is 0. The van der Waals surface area contributed by atoms with Gasteiger partial charge < -0.3 is 4.90 Å². The Labute approximate surface area is 144 Å². The minimum atomic E-state index is 0.359. The third-order valence-corrected chi connectivity index (χ3v) is 6.54. The van der Waals surface area contributed by atoms with E-state index in [0.29, 0.717) is 16.5 Å². The average Bonchev–Trinajstić information content (AvgIpc) is 2.32. The van der Waals surface area contributed by atoms with Crippen LogP contribution in [0.15, 0.2) is 0 Å². The summed E-state index contributed by atoms with van der Waals surface area (Å²) in [5, 5.41) is 0. The number of hydrogen-bond acceptors (Lipinski definition) is 3. The van der Waals surface area contributed by atoms with E-state index in [1.165, 1.54) is 65.1 Å². The summed E-state index contributed by atoms with van der Waals surface area (Å²) in [4.78, 5) is 8.03. The van der Waals surface area contributed by atoms with Gasteiger partial charge >= 0.3 is 0 Å². The topological polar surface area (TPSA) is 9.72 Å². The molecule has 0 aliphatic carbocycles. The lowest BCUT2D eigenvalue weighted by atomic mass is 9.71. The first-order valence-corrected chi connectivity index (χ1v) is 9.80. The Kier molecular flexibility index (Phi) is 4.61. The Bertz CT molecular complexity index is 396.